The van der Waals surface area contributed by atoms with E-state index in [1.54, 1.807) is 12.4 Å². The molecule has 1 N–H and O–H groups in total. The number of unbranched alkanes of at least 4 members (excludes halogenated alkanes) is 4. The van der Waals surface area contributed by atoms with Gasteiger partial charge in [0.15, 0.2) is 0 Å². The maximum Gasteiger partial charge on any atom is 0.471 e. The molecule has 0 saturated heterocycles. The lowest BCUT2D eigenvalue weighted by Crippen LogP contribution is -2.37. The topological polar surface area (TPSA) is 73.9 Å². The van der Waals surface area contributed by atoms with Crippen LogP contribution in [0.2, 0.25) is 0 Å². The van der Waals surface area contributed by atoms with E-state index in [1.807, 2.05) is 0 Å². The van der Waals surface area contributed by atoms with Crippen LogP contribution in [0.3, 0.4) is 0 Å². The molecule has 10 heteroatoms. The molecule has 0 aromatic carbocycles. The Balaban J connectivity index is 3.36. The normalized spacial score (nSPS) is 13.0. The standard InChI is InChI=1S/C13H25F3NO5P/c1-20-9-5-2-3-6-10-21-23(19)22-11-7-4-8-17-12(18)13(14,15)16/h23H,2-11H2,1H3,(H,17,18). The third kappa shape index (κ3) is 14.7. The molecule has 138 valence electrons. The SMILES string of the molecule is COCCCCCCO[PH](=O)OCCCCNC(=O)C(F)(F)F. The van der Waals surface area contributed by atoms with Crippen molar-refractivity contribution in [3.63, 3.8) is 0 Å². The fraction of sp³-hybridized carbons (Fsp3) is 0.923. The van der Waals surface area contributed by atoms with Gasteiger partial charge in [0.2, 0.25) is 0 Å². The zero-order valence-corrected chi connectivity index (χ0v) is 14.2. The Morgan fingerprint density at radius 2 is 1.48 bits per heavy atom. The van der Waals surface area contributed by atoms with Crippen LogP contribution in [0.5, 0.6) is 0 Å². The fourth-order valence-corrected chi connectivity index (χ4v) is 2.29. The van der Waals surface area contributed by atoms with Crippen LogP contribution in [0.1, 0.15) is 38.5 Å². The van der Waals surface area contributed by atoms with Crippen LogP contribution >= 0.6 is 8.25 Å². The first-order chi connectivity index (χ1) is 10.9. The van der Waals surface area contributed by atoms with E-state index in [2.05, 4.69) is 0 Å². The minimum Gasteiger partial charge on any atom is -0.385 e. The predicted octanol–water partition coefficient (Wildman–Crippen LogP) is 3.07. The summed E-state index contributed by atoms with van der Waals surface area (Å²) in [4.78, 5) is 10.5. The van der Waals surface area contributed by atoms with Crippen molar-refractivity contribution in [3.05, 3.63) is 0 Å². The lowest BCUT2D eigenvalue weighted by Gasteiger charge is -2.08. The van der Waals surface area contributed by atoms with E-state index >= 15 is 0 Å². The number of hydrogen-bond donors (Lipinski definition) is 1. The average molecular weight is 363 g/mol. The van der Waals surface area contributed by atoms with Gasteiger partial charge >= 0.3 is 20.3 Å². The highest BCUT2D eigenvalue weighted by atomic mass is 31.1. The number of carbonyl (C=O) groups excluding carboxylic acids is 1. The third-order valence-corrected chi connectivity index (χ3v) is 3.68. The Morgan fingerprint density at radius 1 is 0.957 bits per heavy atom. The van der Waals surface area contributed by atoms with Crippen LogP contribution in [0.15, 0.2) is 0 Å². The van der Waals surface area contributed by atoms with Gasteiger partial charge in [0.05, 0.1) is 13.2 Å². The van der Waals surface area contributed by atoms with Gasteiger partial charge in [-0.05, 0) is 25.7 Å². The quantitative estimate of drug-likeness (QED) is 0.379. The summed E-state index contributed by atoms with van der Waals surface area (Å²) in [5.41, 5.74) is 0. The minimum absolute atomic E-state index is 0.106. The second-order valence-electron chi connectivity index (χ2n) is 4.81. The van der Waals surface area contributed by atoms with Crippen LogP contribution in [-0.4, -0.2) is 45.6 Å². The number of methoxy groups -OCH3 is 1. The second-order valence-corrected chi connectivity index (χ2v) is 5.89. The number of nitrogens with one attached hydrogen (secondary N) is 1. The zero-order chi connectivity index (χ0) is 17.6. The first-order valence-electron chi connectivity index (χ1n) is 7.51. The molecule has 0 heterocycles. The summed E-state index contributed by atoms with van der Waals surface area (Å²) in [6.07, 6.45) is -0.440. The van der Waals surface area contributed by atoms with E-state index in [4.69, 9.17) is 13.8 Å². The molecule has 0 aliphatic heterocycles. The lowest BCUT2D eigenvalue weighted by molar-refractivity contribution is -0.173. The van der Waals surface area contributed by atoms with E-state index in [-0.39, 0.29) is 13.2 Å². The number of halogens is 3. The fourth-order valence-electron chi connectivity index (χ4n) is 1.58. The summed E-state index contributed by atoms with van der Waals surface area (Å²) in [7, 11) is -0.905. The molecule has 1 atom stereocenters. The van der Waals surface area contributed by atoms with Crippen molar-refractivity contribution < 1.29 is 36.3 Å². The largest absolute Gasteiger partial charge is 0.471 e. The monoisotopic (exact) mass is 363 g/mol. The van der Waals surface area contributed by atoms with Gasteiger partial charge in [-0.25, -0.2) is 0 Å². The molecule has 6 nitrogen and oxygen atoms in total. The van der Waals surface area contributed by atoms with Crippen molar-refractivity contribution in [1.82, 2.24) is 5.32 Å². The molecule has 23 heavy (non-hydrogen) atoms. The molecule has 0 aliphatic carbocycles. The summed E-state index contributed by atoms with van der Waals surface area (Å²) in [6.45, 7) is 1.09. The third-order valence-electron chi connectivity index (χ3n) is 2.80. The van der Waals surface area contributed by atoms with Gasteiger partial charge in [0.1, 0.15) is 0 Å². The number of amides is 1. The predicted molar refractivity (Wildman–Crippen MR) is 79.5 cm³/mol. The van der Waals surface area contributed by atoms with Crippen LogP contribution in [-0.2, 0) is 23.1 Å². The molecule has 1 amide bonds. The zero-order valence-electron chi connectivity index (χ0n) is 13.2. The smallest absolute Gasteiger partial charge is 0.385 e. The summed E-state index contributed by atoms with van der Waals surface area (Å²) < 4.78 is 61.8. The summed E-state index contributed by atoms with van der Waals surface area (Å²) in [6, 6.07) is 0. The Morgan fingerprint density at radius 3 is 2.00 bits per heavy atom. The molecule has 0 fully saturated rings. The van der Waals surface area contributed by atoms with E-state index in [0.29, 0.717) is 19.4 Å². The van der Waals surface area contributed by atoms with Crippen molar-refractivity contribution >= 4 is 14.2 Å². The van der Waals surface area contributed by atoms with Gasteiger partial charge in [-0.2, -0.15) is 13.2 Å². The highest BCUT2D eigenvalue weighted by Crippen LogP contribution is 2.24. The molecule has 0 rings (SSSR count). The molecule has 0 aliphatic rings. The Labute approximate surface area is 135 Å². The van der Waals surface area contributed by atoms with Gasteiger partial charge in [-0.3, -0.25) is 9.36 Å². The number of alkyl halides is 3. The summed E-state index contributed by atoms with van der Waals surface area (Å²) in [5, 5.41) is 1.74. The van der Waals surface area contributed by atoms with E-state index in [0.717, 1.165) is 32.3 Å². The maximum absolute atomic E-state index is 11.9. The van der Waals surface area contributed by atoms with Crippen molar-refractivity contribution in [1.29, 1.82) is 0 Å². The van der Waals surface area contributed by atoms with Gasteiger partial charge in [-0.1, -0.05) is 12.8 Å². The highest BCUT2D eigenvalue weighted by molar-refractivity contribution is 7.33. The summed E-state index contributed by atoms with van der Waals surface area (Å²) >= 11 is 0. The van der Waals surface area contributed by atoms with Gasteiger partial charge in [0, 0.05) is 20.3 Å². The molecule has 1 unspecified atom stereocenters. The Hall–Kier alpha value is -0.630. The van der Waals surface area contributed by atoms with Crippen molar-refractivity contribution in [2.24, 2.45) is 0 Å². The molecule has 0 spiro atoms. The molecule has 0 bridgehead atoms. The second kappa shape index (κ2) is 13.8. The van der Waals surface area contributed by atoms with E-state index in [1.165, 1.54) is 0 Å². The lowest BCUT2D eigenvalue weighted by atomic mass is 10.2. The van der Waals surface area contributed by atoms with Gasteiger partial charge < -0.3 is 19.1 Å². The molecule has 0 saturated carbocycles. The highest BCUT2D eigenvalue weighted by Gasteiger charge is 2.38. The number of carbonyl (C=O) groups is 1. The number of hydrogen-bond acceptors (Lipinski definition) is 5. The maximum atomic E-state index is 11.9. The Bertz CT molecular complexity index is 342. The minimum atomic E-state index is -4.86. The number of rotatable bonds is 14. The van der Waals surface area contributed by atoms with Gasteiger partial charge in [-0.15, -0.1) is 0 Å². The first-order valence-corrected chi connectivity index (χ1v) is 8.74. The molecule has 0 aromatic heterocycles. The van der Waals surface area contributed by atoms with E-state index in [9.17, 15) is 22.5 Å². The van der Waals surface area contributed by atoms with Crippen LogP contribution in [0.4, 0.5) is 13.2 Å². The van der Waals surface area contributed by atoms with Crippen molar-refractivity contribution in [3.8, 4) is 0 Å². The number of ether oxygens (including phenoxy) is 1. The summed E-state index contributed by atoms with van der Waals surface area (Å²) in [5.74, 6) is -1.96. The van der Waals surface area contributed by atoms with Crippen LogP contribution in [0.25, 0.3) is 0 Å². The molecule has 0 radical (unpaired) electrons. The van der Waals surface area contributed by atoms with Crippen molar-refractivity contribution in [2.45, 2.75) is 44.7 Å². The Kier molecular flexibility index (Phi) is 13.4. The van der Waals surface area contributed by atoms with Crippen LogP contribution in [0, 0.1) is 0 Å². The van der Waals surface area contributed by atoms with Crippen molar-refractivity contribution in [2.75, 3.05) is 33.5 Å². The van der Waals surface area contributed by atoms with Gasteiger partial charge in [0.25, 0.3) is 0 Å². The molecular formula is C13H25F3NO5P. The van der Waals surface area contributed by atoms with E-state index < -0.39 is 20.3 Å². The average Bonchev–Trinajstić information content (AvgIpc) is 2.48. The first kappa shape index (κ1) is 22.4. The molecular weight excluding hydrogens is 338 g/mol. The van der Waals surface area contributed by atoms with Crippen LogP contribution < -0.4 is 5.32 Å². The molecule has 0 aromatic rings.